The number of benzene rings is 1. The third-order valence-electron chi connectivity index (χ3n) is 2.39. The lowest BCUT2D eigenvalue weighted by Crippen LogP contribution is -2.34. The maximum atomic E-state index is 11.8. The first-order valence-corrected chi connectivity index (χ1v) is 6.62. The van der Waals surface area contributed by atoms with Gasteiger partial charge in [-0.2, -0.15) is 0 Å². The summed E-state index contributed by atoms with van der Waals surface area (Å²) in [6.45, 7) is 2.04. The quantitative estimate of drug-likeness (QED) is 0.828. The smallest absolute Gasteiger partial charge is 0.251 e. The van der Waals surface area contributed by atoms with Crippen LogP contribution in [0.2, 0.25) is 0 Å². The Hall–Kier alpha value is -0.540. The number of carbonyl (C=O) groups is 1. The lowest BCUT2D eigenvalue weighted by molar-refractivity contribution is 0.0935. The van der Waals surface area contributed by atoms with Gasteiger partial charge in [0.2, 0.25) is 0 Å². The third kappa shape index (κ3) is 4.14. The van der Waals surface area contributed by atoms with E-state index in [0.29, 0.717) is 11.4 Å². The summed E-state index contributed by atoms with van der Waals surface area (Å²) in [7, 11) is 0. The topological polar surface area (TPSA) is 29.1 Å². The summed E-state index contributed by atoms with van der Waals surface area (Å²) in [6.07, 6.45) is 1.70. The number of amides is 1. The Bertz CT molecular complexity index is 339. The molecule has 1 aromatic carbocycles. The van der Waals surface area contributed by atoms with Gasteiger partial charge in [0.1, 0.15) is 0 Å². The normalized spacial score (nSPS) is 12.2. The van der Waals surface area contributed by atoms with Crippen LogP contribution in [0.15, 0.2) is 28.7 Å². The fourth-order valence-corrected chi connectivity index (χ4v) is 1.91. The van der Waals surface area contributed by atoms with E-state index in [1.807, 2.05) is 19.1 Å². The minimum absolute atomic E-state index is 0.0375. The van der Waals surface area contributed by atoms with Crippen molar-refractivity contribution in [1.29, 1.82) is 0 Å². The third-order valence-corrected chi connectivity index (χ3v) is 3.14. The molecule has 0 aliphatic carbocycles. The van der Waals surface area contributed by atoms with Crippen LogP contribution >= 0.6 is 27.5 Å². The molecular weight excluding hydrogens is 289 g/mol. The number of nitrogens with one attached hydrogen (secondary N) is 1. The molecule has 0 aliphatic rings. The lowest BCUT2D eigenvalue weighted by Gasteiger charge is -2.15. The van der Waals surface area contributed by atoms with Gasteiger partial charge in [-0.3, -0.25) is 4.79 Å². The second-order valence-corrected chi connectivity index (χ2v) is 4.86. The van der Waals surface area contributed by atoms with Crippen molar-refractivity contribution in [2.24, 2.45) is 0 Å². The van der Waals surface area contributed by atoms with E-state index in [0.717, 1.165) is 17.3 Å². The second-order valence-electron chi connectivity index (χ2n) is 3.56. The summed E-state index contributed by atoms with van der Waals surface area (Å²) in [6, 6.07) is 7.47. The number of carbonyl (C=O) groups excluding carboxylic acids is 1. The van der Waals surface area contributed by atoms with Crippen LogP contribution in [0.4, 0.5) is 0 Å². The molecule has 1 N–H and O–H groups in total. The van der Waals surface area contributed by atoms with Crippen LogP contribution in [0.3, 0.4) is 0 Å². The first-order chi connectivity index (χ1) is 7.67. The van der Waals surface area contributed by atoms with E-state index in [1.165, 1.54) is 0 Å². The Morgan fingerprint density at radius 2 is 2.06 bits per heavy atom. The number of hydrogen-bond donors (Lipinski definition) is 1. The number of rotatable bonds is 5. The van der Waals surface area contributed by atoms with Gasteiger partial charge in [-0.25, -0.2) is 0 Å². The van der Waals surface area contributed by atoms with Crippen molar-refractivity contribution < 1.29 is 4.79 Å². The van der Waals surface area contributed by atoms with E-state index in [9.17, 15) is 4.79 Å². The Morgan fingerprint density at radius 1 is 1.44 bits per heavy atom. The van der Waals surface area contributed by atoms with E-state index < -0.39 is 0 Å². The molecule has 0 saturated carbocycles. The summed E-state index contributed by atoms with van der Waals surface area (Å²) in [5, 5.41) is 2.96. The summed E-state index contributed by atoms with van der Waals surface area (Å²) in [5.41, 5.74) is 0.677. The molecule has 0 aliphatic heterocycles. The molecule has 0 aromatic heterocycles. The van der Waals surface area contributed by atoms with Gasteiger partial charge < -0.3 is 5.32 Å². The van der Waals surface area contributed by atoms with Crippen LogP contribution in [0.1, 0.15) is 30.1 Å². The zero-order chi connectivity index (χ0) is 12.0. The number of halogens is 2. The highest BCUT2D eigenvalue weighted by Gasteiger charge is 2.11. The van der Waals surface area contributed by atoms with Gasteiger partial charge in [0.25, 0.3) is 5.91 Å². The largest absolute Gasteiger partial charge is 0.349 e. The average Bonchev–Trinajstić information content (AvgIpc) is 2.29. The summed E-state index contributed by atoms with van der Waals surface area (Å²) in [5.74, 6) is 0.531. The van der Waals surface area contributed by atoms with Gasteiger partial charge in [-0.15, -0.1) is 11.6 Å². The van der Waals surface area contributed by atoms with Crippen molar-refractivity contribution in [2.45, 2.75) is 25.8 Å². The molecule has 0 saturated heterocycles. The standard InChI is InChI=1S/C12H15BrClNO/c1-2-11(7-8-14)15-12(16)9-3-5-10(13)6-4-9/h3-6,11H,2,7-8H2,1H3,(H,15,16). The molecule has 0 fully saturated rings. The lowest BCUT2D eigenvalue weighted by atomic mass is 10.1. The predicted octanol–water partition coefficient (Wildman–Crippen LogP) is 3.59. The fraction of sp³-hybridized carbons (Fsp3) is 0.417. The van der Waals surface area contributed by atoms with Gasteiger partial charge in [-0.1, -0.05) is 22.9 Å². The van der Waals surface area contributed by atoms with Crippen LogP contribution in [0, 0.1) is 0 Å². The fourth-order valence-electron chi connectivity index (χ4n) is 1.38. The Balaban J connectivity index is 2.60. The van der Waals surface area contributed by atoms with Crippen molar-refractivity contribution in [3.63, 3.8) is 0 Å². The highest BCUT2D eigenvalue weighted by atomic mass is 79.9. The molecule has 1 aromatic rings. The van der Waals surface area contributed by atoms with Crippen molar-refractivity contribution in [3.05, 3.63) is 34.3 Å². The van der Waals surface area contributed by atoms with Gasteiger partial charge in [-0.05, 0) is 37.1 Å². The molecule has 1 rings (SSSR count). The van der Waals surface area contributed by atoms with E-state index in [4.69, 9.17) is 11.6 Å². The van der Waals surface area contributed by atoms with Gasteiger partial charge >= 0.3 is 0 Å². The molecule has 1 amide bonds. The van der Waals surface area contributed by atoms with E-state index >= 15 is 0 Å². The highest BCUT2D eigenvalue weighted by molar-refractivity contribution is 9.10. The molecule has 0 radical (unpaired) electrons. The SMILES string of the molecule is CCC(CCCl)NC(=O)c1ccc(Br)cc1. The monoisotopic (exact) mass is 303 g/mol. The van der Waals surface area contributed by atoms with E-state index in [-0.39, 0.29) is 11.9 Å². The van der Waals surface area contributed by atoms with Gasteiger partial charge in [0, 0.05) is 22.0 Å². The number of hydrogen-bond acceptors (Lipinski definition) is 1. The molecule has 88 valence electrons. The summed E-state index contributed by atoms with van der Waals surface area (Å²) < 4.78 is 0.969. The molecular formula is C12H15BrClNO. The van der Waals surface area contributed by atoms with Gasteiger partial charge in [0.15, 0.2) is 0 Å². The van der Waals surface area contributed by atoms with Crippen LogP contribution < -0.4 is 5.32 Å². The van der Waals surface area contributed by atoms with Crippen molar-refractivity contribution in [1.82, 2.24) is 5.32 Å². The van der Waals surface area contributed by atoms with Crippen LogP contribution in [-0.4, -0.2) is 17.8 Å². The van der Waals surface area contributed by atoms with Crippen molar-refractivity contribution >= 4 is 33.4 Å². The van der Waals surface area contributed by atoms with E-state index in [2.05, 4.69) is 21.2 Å². The Morgan fingerprint density at radius 3 is 2.56 bits per heavy atom. The molecule has 16 heavy (non-hydrogen) atoms. The molecule has 0 heterocycles. The van der Waals surface area contributed by atoms with Crippen molar-refractivity contribution in [2.75, 3.05) is 5.88 Å². The maximum absolute atomic E-state index is 11.8. The first kappa shape index (κ1) is 13.5. The molecule has 0 spiro atoms. The first-order valence-electron chi connectivity index (χ1n) is 5.29. The van der Waals surface area contributed by atoms with Crippen LogP contribution in [0.5, 0.6) is 0 Å². The Labute approximate surface area is 110 Å². The molecule has 1 unspecified atom stereocenters. The van der Waals surface area contributed by atoms with E-state index in [1.54, 1.807) is 12.1 Å². The molecule has 0 bridgehead atoms. The summed E-state index contributed by atoms with van der Waals surface area (Å²) >= 11 is 9.00. The van der Waals surface area contributed by atoms with Crippen LogP contribution in [-0.2, 0) is 0 Å². The number of alkyl halides is 1. The minimum atomic E-state index is -0.0375. The molecule has 2 nitrogen and oxygen atoms in total. The summed E-state index contributed by atoms with van der Waals surface area (Å²) in [4.78, 5) is 11.8. The van der Waals surface area contributed by atoms with Crippen LogP contribution in [0.25, 0.3) is 0 Å². The second kappa shape index (κ2) is 6.92. The zero-order valence-corrected chi connectivity index (χ0v) is 11.5. The molecule has 1 atom stereocenters. The Kier molecular flexibility index (Phi) is 5.85. The maximum Gasteiger partial charge on any atom is 0.251 e. The molecule has 4 heteroatoms. The van der Waals surface area contributed by atoms with Crippen molar-refractivity contribution in [3.8, 4) is 0 Å². The van der Waals surface area contributed by atoms with Gasteiger partial charge in [0.05, 0.1) is 0 Å². The minimum Gasteiger partial charge on any atom is -0.349 e. The zero-order valence-electron chi connectivity index (χ0n) is 9.17. The average molecular weight is 305 g/mol. The highest BCUT2D eigenvalue weighted by Crippen LogP contribution is 2.11. The predicted molar refractivity (Wildman–Crippen MR) is 71.0 cm³/mol.